The standard InChI is InChI=1S/C24H26F3N3O2/c25-24(26,27)20-6-7-21(28-12-20)29-13-17-15-30(16-18(17)14-29)22(31)23(8-10-32-11-9-23)19-4-2-1-3-5-19/h1-7,12,17-18H,8-11,13-16H2. The normalized spacial score (nSPS) is 25.1. The molecule has 0 radical (unpaired) electrons. The molecular formula is C24H26F3N3O2. The van der Waals surface area contributed by atoms with E-state index in [9.17, 15) is 18.0 Å². The maximum atomic E-state index is 13.8. The lowest BCUT2D eigenvalue weighted by molar-refractivity contribution is -0.140. The highest BCUT2D eigenvalue weighted by atomic mass is 19.4. The number of carbonyl (C=O) groups is 1. The zero-order chi connectivity index (χ0) is 22.3. The van der Waals surface area contributed by atoms with Crippen LogP contribution in [0.4, 0.5) is 19.0 Å². The van der Waals surface area contributed by atoms with E-state index in [1.165, 1.54) is 6.07 Å². The van der Waals surface area contributed by atoms with Gasteiger partial charge in [0.2, 0.25) is 5.91 Å². The SMILES string of the molecule is O=C(N1CC2CN(c3ccc(C(F)(F)F)cn3)CC2C1)C1(c2ccccc2)CCOCC1. The Morgan fingerprint density at radius 1 is 0.969 bits per heavy atom. The van der Waals surface area contributed by atoms with Crippen LogP contribution in [0, 0.1) is 11.8 Å². The third-order valence-corrected chi connectivity index (χ3v) is 7.25. The van der Waals surface area contributed by atoms with Crippen LogP contribution in [0.3, 0.4) is 0 Å². The number of alkyl halides is 3. The number of carbonyl (C=O) groups excluding carboxylic acids is 1. The molecule has 5 nitrogen and oxygen atoms in total. The molecular weight excluding hydrogens is 419 g/mol. The number of nitrogens with zero attached hydrogens (tertiary/aromatic N) is 3. The molecule has 1 aromatic heterocycles. The monoisotopic (exact) mass is 445 g/mol. The number of halogens is 3. The van der Waals surface area contributed by atoms with Gasteiger partial charge in [-0.3, -0.25) is 4.79 Å². The molecule has 1 amide bonds. The molecule has 0 aliphatic carbocycles. The average molecular weight is 445 g/mol. The molecule has 3 fully saturated rings. The first-order valence-corrected chi connectivity index (χ1v) is 11.1. The second kappa shape index (κ2) is 8.06. The number of amides is 1. The molecule has 32 heavy (non-hydrogen) atoms. The fraction of sp³-hybridized carbons (Fsp3) is 0.500. The van der Waals surface area contributed by atoms with Crippen LogP contribution < -0.4 is 4.90 Å². The summed E-state index contributed by atoms with van der Waals surface area (Å²) in [5, 5.41) is 0. The van der Waals surface area contributed by atoms with Gasteiger partial charge in [-0.15, -0.1) is 0 Å². The van der Waals surface area contributed by atoms with E-state index in [4.69, 9.17) is 4.74 Å². The van der Waals surface area contributed by atoms with Crippen molar-refractivity contribution in [3.05, 3.63) is 59.8 Å². The van der Waals surface area contributed by atoms with Crippen LogP contribution in [0.15, 0.2) is 48.7 Å². The van der Waals surface area contributed by atoms with Gasteiger partial charge in [-0.25, -0.2) is 4.98 Å². The van der Waals surface area contributed by atoms with Gasteiger partial charge in [-0.2, -0.15) is 13.2 Å². The second-order valence-corrected chi connectivity index (χ2v) is 9.10. The van der Waals surface area contributed by atoms with E-state index in [-0.39, 0.29) is 5.91 Å². The summed E-state index contributed by atoms with van der Waals surface area (Å²) in [6, 6.07) is 12.5. The van der Waals surface area contributed by atoms with Crippen LogP contribution in [0.2, 0.25) is 0 Å². The molecule has 170 valence electrons. The second-order valence-electron chi connectivity index (χ2n) is 9.10. The summed E-state index contributed by atoms with van der Waals surface area (Å²) < 4.78 is 44.0. The molecule has 2 atom stereocenters. The Bertz CT molecular complexity index is 945. The van der Waals surface area contributed by atoms with Gasteiger partial charge in [0.1, 0.15) is 5.82 Å². The number of aromatic nitrogens is 1. The number of ether oxygens (including phenoxy) is 1. The number of likely N-dealkylation sites (tertiary alicyclic amines) is 1. The molecule has 0 N–H and O–H groups in total. The molecule has 8 heteroatoms. The molecule has 0 bridgehead atoms. The Balaban J connectivity index is 1.28. The van der Waals surface area contributed by atoms with Crippen LogP contribution in [0.1, 0.15) is 24.0 Å². The predicted octanol–water partition coefficient (Wildman–Crippen LogP) is 3.74. The van der Waals surface area contributed by atoms with Crippen molar-refractivity contribution in [1.82, 2.24) is 9.88 Å². The quantitative estimate of drug-likeness (QED) is 0.722. The number of fused-ring (bicyclic) bond motifs is 1. The summed E-state index contributed by atoms with van der Waals surface area (Å²) in [4.78, 5) is 21.9. The summed E-state index contributed by atoms with van der Waals surface area (Å²) in [6.45, 7) is 3.91. The number of pyridine rings is 1. The molecule has 0 saturated carbocycles. The molecule has 3 aliphatic rings. The third kappa shape index (κ3) is 3.74. The van der Waals surface area contributed by atoms with Crippen LogP contribution in [0.25, 0.3) is 0 Å². The summed E-state index contributed by atoms with van der Waals surface area (Å²) in [7, 11) is 0. The highest BCUT2D eigenvalue weighted by Gasteiger charge is 2.49. The largest absolute Gasteiger partial charge is 0.417 e. The number of rotatable bonds is 3. The Morgan fingerprint density at radius 2 is 1.62 bits per heavy atom. The summed E-state index contributed by atoms with van der Waals surface area (Å²) in [5.74, 6) is 1.35. The summed E-state index contributed by atoms with van der Waals surface area (Å²) >= 11 is 0. The lowest BCUT2D eigenvalue weighted by atomic mass is 9.73. The van der Waals surface area contributed by atoms with Crippen LogP contribution in [0.5, 0.6) is 0 Å². The van der Waals surface area contributed by atoms with Gasteiger partial charge in [0.25, 0.3) is 0 Å². The van der Waals surface area contributed by atoms with Crippen LogP contribution >= 0.6 is 0 Å². The van der Waals surface area contributed by atoms with Gasteiger partial charge in [0.05, 0.1) is 11.0 Å². The summed E-state index contributed by atoms with van der Waals surface area (Å²) in [5.41, 5.74) is -0.215. The van der Waals surface area contributed by atoms with Gasteiger partial charge < -0.3 is 14.5 Å². The first-order valence-electron chi connectivity index (χ1n) is 11.1. The third-order valence-electron chi connectivity index (χ3n) is 7.25. The topological polar surface area (TPSA) is 45.7 Å². The van der Waals surface area contributed by atoms with Crippen molar-refractivity contribution in [3.8, 4) is 0 Å². The van der Waals surface area contributed by atoms with E-state index in [2.05, 4.69) is 4.98 Å². The van der Waals surface area contributed by atoms with Gasteiger partial charge in [0, 0.05) is 57.4 Å². The maximum absolute atomic E-state index is 13.8. The fourth-order valence-corrected chi connectivity index (χ4v) is 5.49. The van der Waals surface area contributed by atoms with E-state index in [0.717, 1.165) is 17.8 Å². The van der Waals surface area contributed by atoms with Crippen molar-refractivity contribution in [2.24, 2.45) is 11.8 Å². The highest BCUT2D eigenvalue weighted by Crippen LogP contribution is 2.41. The Morgan fingerprint density at radius 3 is 2.19 bits per heavy atom. The Hall–Kier alpha value is -2.61. The van der Waals surface area contributed by atoms with E-state index >= 15 is 0 Å². The highest BCUT2D eigenvalue weighted by molar-refractivity contribution is 5.88. The number of anilines is 1. The first-order chi connectivity index (χ1) is 15.4. The van der Waals surface area contributed by atoms with Gasteiger partial charge in [-0.1, -0.05) is 30.3 Å². The Kier molecular flexibility index (Phi) is 5.35. The molecule has 2 aromatic rings. The van der Waals surface area contributed by atoms with E-state index < -0.39 is 17.2 Å². The molecule has 2 unspecified atom stereocenters. The number of hydrogen-bond donors (Lipinski definition) is 0. The van der Waals surface area contributed by atoms with Gasteiger partial charge >= 0.3 is 6.18 Å². The van der Waals surface area contributed by atoms with Crippen molar-refractivity contribution >= 4 is 11.7 Å². The molecule has 3 aliphatic heterocycles. The first kappa shape index (κ1) is 21.2. The van der Waals surface area contributed by atoms with Crippen LogP contribution in [-0.2, 0) is 21.1 Å². The van der Waals surface area contributed by atoms with E-state index in [1.807, 2.05) is 40.1 Å². The van der Waals surface area contributed by atoms with Crippen molar-refractivity contribution < 1.29 is 22.7 Å². The van der Waals surface area contributed by atoms with Crippen molar-refractivity contribution in [2.75, 3.05) is 44.3 Å². The van der Waals surface area contributed by atoms with Crippen molar-refractivity contribution in [2.45, 2.75) is 24.4 Å². The van der Waals surface area contributed by atoms with Crippen molar-refractivity contribution in [1.29, 1.82) is 0 Å². The predicted molar refractivity (Wildman–Crippen MR) is 113 cm³/mol. The molecule has 5 rings (SSSR count). The smallest absolute Gasteiger partial charge is 0.381 e. The van der Waals surface area contributed by atoms with E-state index in [0.29, 0.717) is 69.9 Å². The lowest BCUT2D eigenvalue weighted by Gasteiger charge is -2.39. The summed E-state index contributed by atoms with van der Waals surface area (Å²) in [6.07, 6.45) is -2.12. The average Bonchev–Trinajstić information content (AvgIpc) is 3.39. The minimum atomic E-state index is -4.38. The van der Waals surface area contributed by atoms with E-state index in [1.54, 1.807) is 0 Å². The minimum Gasteiger partial charge on any atom is -0.381 e. The van der Waals surface area contributed by atoms with Gasteiger partial charge in [-0.05, 0) is 30.5 Å². The Labute approximate surface area is 185 Å². The molecule has 4 heterocycles. The maximum Gasteiger partial charge on any atom is 0.417 e. The van der Waals surface area contributed by atoms with Gasteiger partial charge in [0.15, 0.2) is 0 Å². The molecule has 1 aromatic carbocycles. The number of hydrogen-bond acceptors (Lipinski definition) is 4. The molecule has 0 spiro atoms. The van der Waals surface area contributed by atoms with Crippen molar-refractivity contribution in [3.63, 3.8) is 0 Å². The number of benzene rings is 1. The zero-order valence-electron chi connectivity index (χ0n) is 17.7. The zero-order valence-corrected chi connectivity index (χ0v) is 17.7. The fourth-order valence-electron chi connectivity index (χ4n) is 5.49. The van der Waals surface area contributed by atoms with Crippen LogP contribution in [-0.4, -0.2) is 55.2 Å². The minimum absolute atomic E-state index is 0.181. The lowest BCUT2D eigenvalue weighted by Crippen LogP contribution is -2.50. The molecule has 3 saturated heterocycles.